The maximum atomic E-state index is 9.01. The van der Waals surface area contributed by atoms with Gasteiger partial charge in [-0.3, -0.25) is 0 Å². The SMILES string of the molecule is CC(C)CC(C#N)Nc1cc(Cl)ccc1Cl. The molecule has 0 saturated carbocycles. The Labute approximate surface area is 106 Å². The molecule has 0 bridgehead atoms. The minimum absolute atomic E-state index is 0.240. The van der Waals surface area contributed by atoms with Gasteiger partial charge in [0.25, 0.3) is 0 Å². The summed E-state index contributed by atoms with van der Waals surface area (Å²) in [5, 5.41) is 13.3. The summed E-state index contributed by atoms with van der Waals surface area (Å²) in [6.45, 7) is 4.15. The van der Waals surface area contributed by atoms with Crippen molar-refractivity contribution in [1.82, 2.24) is 0 Å². The molecule has 0 aliphatic carbocycles. The first-order valence-corrected chi connectivity index (χ1v) is 5.89. The highest BCUT2D eigenvalue weighted by molar-refractivity contribution is 6.35. The van der Waals surface area contributed by atoms with Crippen molar-refractivity contribution in [3.05, 3.63) is 28.2 Å². The van der Waals surface area contributed by atoms with Crippen molar-refractivity contribution in [2.45, 2.75) is 26.3 Å². The standard InChI is InChI=1S/C12H14Cl2N2/c1-8(2)5-10(7-15)16-12-6-9(13)3-4-11(12)14/h3-4,6,8,10,16H,5H2,1-2H3. The molecular weight excluding hydrogens is 243 g/mol. The molecule has 0 heterocycles. The molecule has 2 nitrogen and oxygen atoms in total. The third-order valence-corrected chi connectivity index (χ3v) is 2.69. The van der Waals surface area contributed by atoms with Crippen LogP contribution in [0.2, 0.25) is 10.0 Å². The lowest BCUT2D eigenvalue weighted by atomic mass is 10.0. The van der Waals surface area contributed by atoms with Gasteiger partial charge in [0.2, 0.25) is 0 Å². The summed E-state index contributed by atoms with van der Waals surface area (Å²) in [7, 11) is 0. The van der Waals surface area contributed by atoms with Crippen molar-refractivity contribution in [3.63, 3.8) is 0 Å². The number of halogens is 2. The summed E-state index contributed by atoms with van der Waals surface area (Å²) < 4.78 is 0. The van der Waals surface area contributed by atoms with Gasteiger partial charge >= 0.3 is 0 Å². The quantitative estimate of drug-likeness (QED) is 0.870. The fraction of sp³-hybridized carbons (Fsp3) is 0.417. The monoisotopic (exact) mass is 256 g/mol. The Bertz CT molecular complexity index is 396. The molecule has 0 fully saturated rings. The molecule has 0 spiro atoms. The van der Waals surface area contributed by atoms with Gasteiger partial charge in [-0.1, -0.05) is 37.0 Å². The van der Waals surface area contributed by atoms with E-state index < -0.39 is 0 Å². The van der Waals surface area contributed by atoms with Crippen molar-refractivity contribution in [3.8, 4) is 6.07 Å². The van der Waals surface area contributed by atoms with Crippen LogP contribution < -0.4 is 5.32 Å². The summed E-state index contributed by atoms with van der Waals surface area (Å²) in [6.07, 6.45) is 0.777. The summed E-state index contributed by atoms with van der Waals surface area (Å²) >= 11 is 11.9. The van der Waals surface area contributed by atoms with Crippen molar-refractivity contribution in [2.24, 2.45) is 5.92 Å². The first kappa shape index (κ1) is 13.2. The van der Waals surface area contributed by atoms with E-state index in [4.69, 9.17) is 28.5 Å². The smallest absolute Gasteiger partial charge is 0.114 e. The third kappa shape index (κ3) is 3.92. The van der Waals surface area contributed by atoms with Gasteiger partial charge < -0.3 is 5.32 Å². The zero-order valence-corrected chi connectivity index (χ0v) is 10.8. The van der Waals surface area contributed by atoms with Crippen LogP contribution in [-0.4, -0.2) is 6.04 Å². The van der Waals surface area contributed by atoms with Gasteiger partial charge in [0, 0.05) is 5.02 Å². The topological polar surface area (TPSA) is 35.8 Å². The fourth-order valence-electron chi connectivity index (χ4n) is 1.41. The van der Waals surface area contributed by atoms with Gasteiger partial charge in [-0.15, -0.1) is 0 Å². The minimum atomic E-state index is -0.240. The highest BCUT2D eigenvalue weighted by Crippen LogP contribution is 2.26. The Balaban J connectivity index is 2.78. The molecule has 1 aromatic rings. The Morgan fingerprint density at radius 1 is 1.38 bits per heavy atom. The summed E-state index contributed by atoms with van der Waals surface area (Å²) in [5.41, 5.74) is 0.710. The second-order valence-corrected chi connectivity index (χ2v) is 4.92. The van der Waals surface area contributed by atoms with E-state index in [9.17, 15) is 0 Å². The molecule has 4 heteroatoms. The molecule has 0 amide bonds. The summed E-state index contributed by atoms with van der Waals surface area (Å²) in [6, 6.07) is 7.15. The Morgan fingerprint density at radius 2 is 2.06 bits per heavy atom. The number of nitrogens with zero attached hydrogens (tertiary/aromatic N) is 1. The van der Waals surface area contributed by atoms with Crippen molar-refractivity contribution in [2.75, 3.05) is 5.32 Å². The number of hydrogen-bond donors (Lipinski definition) is 1. The van der Waals surface area contributed by atoms with Crippen LogP contribution in [0.5, 0.6) is 0 Å². The van der Waals surface area contributed by atoms with E-state index in [-0.39, 0.29) is 6.04 Å². The molecular formula is C12H14Cl2N2. The maximum Gasteiger partial charge on any atom is 0.114 e. The average molecular weight is 257 g/mol. The van der Waals surface area contributed by atoms with E-state index in [1.165, 1.54) is 0 Å². The lowest BCUT2D eigenvalue weighted by Crippen LogP contribution is -2.19. The van der Waals surface area contributed by atoms with Crippen LogP contribution in [-0.2, 0) is 0 Å². The summed E-state index contributed by atoms with van der Waals surface area (Å²) in [5.74, 6) is 0.454. The zero-order chi connectivity index (χ0) is 12.1. The fourth-order valence-corrected chi connectivity index (χ4v) is 1.76. The Morgan fingerprint density at radius 3 is 2.62 bits per heavy atom. The first-order valence-electron chi connectivity index (χ1n) is 5.14. The number of nitrogens with one attached hydrogen (secondary N) is 1. The van der Waals surface area contributed by atoms with Crippen molar-refractivity contribution < 1.29 is 0 Å². The maximum absolute atomic E-state index is 9.01. The largest absolute Gasteiger partial charge is 0.369 e. The van der Waals surface area contributed by atoms with Crippen molar-refractivity contribution >= 4 is 28.9 Å². The van der Waals surface area contributed by atoms with Gasteiger partial charge in [0.05, 0.1) is 16.8 Å². The number of rotatable bonds is 4. The normalized spacial score (nSPS) is 12.2. The van der Waals surface area contributed by atoms with Crippen LogP contribution in [0.4, 0.5) is 5.69 Å². The molecule has 1 rings (SSSR count). The molecule has 0 radical (unpaired) electrons. The number of benzene rings is 1. The molecule has 1 atom stereocenters. The average Bonchev–Trinajstić information content (AvgIpc) is 2.21. The van der Waals surface area contributed by atoms with Gasteiger partial charge in [-0.25, -0.2) is 0 Å². The van der Waals surface area contributed by atoms with E-state index >= 15 is 0 Å². The van der Waals surface area contributed by atoms with E-state index in [2.05, 4.69) is 25.2 Å². The van der Waals surface area contributed by atoms with E-state index in [1.54, 1.807) is 18.2 Å². The molecule has 0 saturated heterocycles. The summed E-state index contributed by atoms with van der Waals surface area (Å²) in [4.78, 5) is 0. The van der Waals surface area contributed by atoms with Crippen LogP contribution in [0.3, 0.4) is 0 Å². The third-order valence-electron chi connectivity index (χ3n) is 2.12. The van der Waals surface area contributed by atoms with Crippen LogP contribution >= 0.6 is 23.2 Å². The molecule has 0 aliphatic rings. The van der Waals surface area contributed by atoms with E-state index in [0.29, 0.717) is 21.7 Å². The molecule has 0 aromatic heterocycles. The molecule has 1 N–H and O–H groups in total. The highest BCUT2D eigenvalue weighted by atomic mass is 35.5. The van der Waals surface area contributed by atoms with Crippen LogP contribution in [0, 0.1) is 17.2 Å². The van der Waals surface area contributed by atoms with Gasteiger partial charge in [-0.05, 0) is 30.5 Å². The van der Waals surface area contributed by atoms with Gasteiger partial charge in [0.1, 0.15) is 6.04 Å². The second-order valence-electron chi connectivity index (χ2n) is 4.08. The Kier molecular flexibility index (Phi) is 4.92. The van der Waals surface area contributed by atoms with E-state index in [1.807, 2.05) is 0 Å². The molecule has 1 unspecified atom stereocenters. The molecule has 16 heavy (non-hydrogen) atoms. The highest BCUT2D eigenvalue weighted by Gasteiger charge is 2.11. The Hall–Kier alpha value is -0.910. The molecule has 1 aromatic carbocycles. The van der Waals surface area contributed by atoms with Crippen LogP contribution in [0.25, 0.3) is 0 Å². The predicted octanol–water partition coefficient (Wildman–Crippen LogP) is 4.34. The van der Waals surface area contributed by atoms with Gasteiger partial charge in [-0.2, -0.15) is 5.26 Å². The number of anilines is 1. The lowest BCUT2D eigenvalue weighted by molar-refractivity contribution is 0.568. The van der Waals surface area contributed by atoms with Crippen molar-refractivity contribution in [1.29, 1.82) is 5.26 Å². The van der Waals surface area contributed by atoms with Gasteiger partial charge in [0.15, 0.2) is 0 Å². The van der Waals surface area contributed by atoms with Crippen LogP contribution in [0.1, 0.15) is 20.3 Å². The second kappa shape index (κ2) is 5.98. The minimum Gasteiger partial charge on any atom is -0.369 e. The molecule has 0 aliphatic heterocycles. The first-order chi connectivity index (χ1) is 7.52. The zero-order valence-electron chi connectivity index (χ0n) is 9.30. The van der Waals surface area contributed by atoms with E-state index in [0.717, 1.165) is 6.42 Å². The number of nitriles is 1. The predicted molar refractivity (Wildman–Crippen MR) is 68.9 cm³/mol. The van der Waals surface area contributed by atoms with Crippen LogP contribution in [0.15, 0.2) is 18.2 Å². The molecule has 86 valence electrons. The number of hydrogen-bond acceptors (Lipinski definition) is 2. The lowest BCUT2D eigenvalue weighted by Gasteiger charge is -2.16.